The third kappa shape index (κ3) is 4.54. The van der Waals surface area contributed by atoms with Gasteiger partial charge in [-0.05, 0) is 36.8 Å². The summed E-state index contributed by atoms with van der Waals surface area (Å²) in [5.74, 6) is -1.85. The molecule has 10 heteroatoms. The minimum atomic E-state index is -0.919. The van der Waals surface area contributed by atoms with Crippen LogP contribution in [-0.4, -0.2) is 31.5 Å². The number of aromatic amines is 1. The Hall–Kier alpha value is -3.63. The standard InChI is InChI=1S/C25H19F2N5OS2/c1-2-8-35-32-19-6-5-18(26)21(22(19)27)23(33)17-12-30-24-16(17)9-15(11-29-24)20-13-34-25(31-20)14-4-3-7-28-10-14/h3-7,9-13,32H,2,8H2,1H3,(H,29,30). The van der Waals surface area contributed by atoms with Crippen molar-refractivity contribution >= 4 is 45.8 Å². The fourth-order valence-corrected chi connectivity index (χ4v) is 5.00. The van der Waals surface area contributed by atoms with E-state index in [-0.39, 0.29) is 11.3 Å². The van der Waals surface area contributed by atoms with Crippen molar-refractivity contribution in [3.63, 3.8) is 0 Å². The maximum atomic E-state index is 15.1. The molecular formula is C25H19F2N5OS2. The largest absolute Gasteiger partial charge is 0.345 e. The van der Waals surface area contributed by atoms with E-state index in [1.54, 1.807) is 24.7 Å². The number of carbonyl (C=O) groups excluding carboxylic acids is 1. The van der Waals surface area contributed by atoms with Gasteiger partial charge in [0.1, 0.15) is 16.5 Å². The first kappa shape index (κ1) is 23.1. The highest BCUT2D eigenvalue weighted by molar-refractivity contribution is 8.00. The Morgan fingerprint density at radius 3 is 2.89 bits per heavy atom. The molecule has 5 rings (SSSR count). The lowest BCUT2D eigenvalue weighted by molar-refractivity contribution is 0.103. The van der Waals surface area contributed by atoms with E-state index >= 15 is 4.39 Å². The summed E-state index contributed by atoms with van der Waals surface area (Å²) in [4.78, 5) is 29.4. The van der Waals surface area contributed by atoms with Crippen LogP contribution in [0.25, 0.3) is 32.9 Å². The monoisotopic (exact) mass is 507 g/mol. The number of thiazole rings is 1. The fourth-order valence-electron chi connectivity index (χ4n) is 3.56. The van der Waals surface area contributed by atoms with Crippen molar-refractivity contribution in [2.75, 3.05) is 10.5 Å². The van der Waals surface area contributed by atoms with Crippen molar-refractivity contribution in [1.29, 1.82) is 0 Å². The summed E-state index contributed by atoms with van der Waals surface area (Å²) < 4.78 is 32.6. The van der Waals surface area contributed by atoms with Gasteiger partial charge in [-0.15, -0.1) is 11.3 Å². The highest BCUT2D eigenvalue weighted by Crippen LogP contribution is 2.32. The summed E-state index contributed by atoms with van der Waals surface area (Å²) in [6, 6.07) is 7.91. The molecule has 176 valence electrons. The zero-order chi connectivity index (χ0) is 24.4. The summed E-state index contributed by atoms with van der Waals surface area (Å²) in [7, 11) is 0. The molecule has 0 aliphatic heterocycles. The van der Waals surface area contributed by atoms with Gasteiger partial charge in [0.05, 0.1) is 16.9 Å². The van der Waals surface area contributed by atoms with Gasteiger partial charge < -0.3 is 9.71 Å². The molecule has 4 heterocycles. The van der Waals surface area contributed by atoms with Crippen LogP contribution in [0.3, 0.4) is 0 Å². The highest BCUT2D eigenvalue weighted by Gasteiger charge is 2.25. The normalized spacial score (nSPS) is 11.2. The summed E-state index contributed by atoms with van der Waals surface area (Å²) in [5, 5.41) is 3.15. The average Bonchev–Trinajstić information content (AvgIpc) is 3.53. The van der Waals surface area contributed by atoms with E-state index < -0.39 is 23.0 Å². The number of pyridine rings is 2. The first-order chi connectivity index (χ1) is 17.1. The topological polar surface area (TPSA) is 83.6 Å². The molecule has 0 spiro atoms. The molecule has 0 atom stereocenters. The van der Waals surface area contributed by atoms with Crippen LogP contribution in [0.5, 0.6) is 0 Å². The lowest BCUT2D eigenvalue weighted by atomic mass is 10.0. The molecule has 0 amide bonds. The van der Waals surface area contributed by atoms with Gasteiger partial charge in [0.25, 0.3) is 0 Å². The Balaban J connectivity index is 1.51. The van der Waals surface area contributed by atoms with Crippen molar-refractivity contribution in [3.8, 4) is 21.8 Å². The van der Waals surface area contributed by atoms with Gasteiger partial charge in [-0.25, -0.2) is 18.7 Å². The molecule has 0 aliphatic rings. The lowest BCUT2D eigenvalue weighted by Gasteiger charge is -2.10. The molecule has 6 nitrogen and oxygen atoms in total. The van der Waals surface area contributed by atoms with Crippen LogP contribution < -0.4 is 4.72 Å². The Morgan fingerprint density at radius 2 is 2.09 bits per heavy atom. The number of fused-ring (bicyclic) bond motifs is 1. The van der Waals surface area contributed by atoms with Gasteiger partial charge in [-0.3, -0.25) is 9.78 Å². The molecule has 0 radical (unpaired) electrons. The SMILES string of the molecule is CCCSNc1ccc(F)c(C(=O)c2c[nH]c3ncc(-c4csc(-c5cccnc5)n4)cc23)c1F. The van der Waals surface area contributed by atoms with Gasteiger partial charge in [0.2, 0.25) is 5.78 Å². The van der Waals surface area contributed by atoms with E-state index in [2.05, 4.69) is 24.7 Å². The number of ketones is 1. The Kier molecular flexibility index (Phi) is 6.56. The van der Waals surface area contributed by atoms with Crippen molar-refractivity contribution in [1.82, 2.24) is 19.9 Å². The molecule has 35 heavy (non-hydrogen) atoms. The van der Waals surface area contributed by atoms with Crippen LogP contribution in [0.4, 0.5) is 14.5 Å². The summed E-state index contributed by atoms with van der Waals surface area (Å²) in [5.41, 5.74) is 2.29. The maximum absolute atomic E-state index is 15.1. The molecule has 4 aromatic heterocycles. The Bertz CT molecular complexity index is 1520. The molecule has 0 aliphatic carbocycles. The number of carbonyl (C=O) groups is 1. The molecule has 0 unspecified atom stereocenters. The van der Waals surface area contributed by atoms with Crippen molar-refractivity contribution < 1.29 is 13.6 Å². The van der Waals surface area contributed by atoms with E-state index in [1.807, 2.05) is 24.4 Å². The van der Waals surface area contributed by atoms with Crippen LogP contribution in [0, 0.1) is 11.6 Å². The predicted molar refractivity (Wildman–Crippen MR) is 137 cm³/mol. The van der Waals surface area contributed by atoms with E-state index in [9.17, 15) is 9.18 Å². The van der Waals surface area contributed by atoms with E-state index in [0.717, 1.165) is 28.8 Å². The maximum Gasteiger partial charge on any atom is 0.201 e. The Morgan fingerprint density at radius 1 is 1.20 bits per heavy atom. The second-order valence-electron chi connectivity index (χ2n) is 7.67. The summed E-state index contributed by atoms with van der Waals surface area (Å²) >= 11 is 2.76. The number of nitrogens with zero attached hydrogens (tertiary/aromatic N) is 3. The third-order valence-electron chi connectivity index (χ3n) is 5.29. The predicted octanol–water partition coefficient (Wildman–Crippen LogP) is 6.73. The second kappa shape index (κ2) is 9.93. The van der Waals surface area contributed by atoms with Gasteiger partial charge in [0.15, 0.2) is 5.82 Å². The quantitative estimate of drug-likeness (QED) is 0.138. The molecule has 5 aromatic rings. The zero-order valence-corrected chi connectivity index (χ0v) is 20.1. The van der Waals surface area contributed by atoms with E-state index in [4.69, 9.17) is 0 Å². The van der Waals surface area contributed by atoms with E-state index in [0.29, 0.717) is 22.3 Å². The first-order valence-electron chi connectivity index (χ1n) is 10.8. The number of benzene rings is 1. The molecule has 0 bridgehead atoms. The van der Waals surface area contributed by atoms with Gasteiger partial charge in [-0.1, -0.05) is 18.9 Å². The number of halogens is 2. The van der Waals surface area contributed by atoms with Crippen LogP contribution >= 0.6 is 23.3 Å². The fraction of sp³-hybridized carbons (Fsp3) is 0.120. The first-order valence-corrected chi connectivity index (χ1v) is 12.7. The number of hydrogen-bond acceptors (Lipinski definition) is 7. The number of rotatable bonds is 8. The number of nitrogens with one attached hydrogen (secondary N) is 2. The smallest absolute Gasteiger partial charge is 0.201 e. The molecule has 0 saturated heterocycles. The second-order valence-corrected chi connectivity index (χ2v) is 9.42. The average molecular weight is 508 g/mol. The van der Waals surface area contributed by atoms with Crippen molar-refractivity contribution in [2.24, 2.45) is 0 Å². The van der Waals surface area contributed by atoms with Crippen LogP contribution in [-0.2, 0) is 0 Å². The number of anilines is 1. The van der Waals surface area contributed by atoms with Gasteiger partial charge in [-0.2, -0.15) is 0 Å². The molecule has 1 aromatic carbocycles. The van der Waals surface area contributed by atoms with Crippen LogP contribution in [0.2, 0.25) is 0 Å². The molecule has 0 saturated carbocycles. The van der Waals surface area contributed by atoms with Gasteiger partial charge >= 0.3 is 0 Å². The minimum Gasteiger partial charge on any atom is -0.345 e. The van der Waals surface area contributed by atoms with Gasteiger partial charge in [0, 0.05) is 58.0 Å². The Labute approximate surface area is 208 Å². The molecule has 2 N–H and O–H groups in total. The minimum absolute atomic E-state index is 0.0669. The summed E-state index contributed by atoms with van der Waals surface area (Å²) in [6.07, 6.45) is 7.39. The zero-order valence-electron chi connectivity index (χ0n) is 18.5. The lowest BCUT2D eigenvalue weighted by Crippen LogP contribution is -2.09. The number of aromatic nitrogens is 4. The third-order valence-corrected chi connectivity index (χ3v) is 7.16. The van der Waals surface area contributed by atoms with Crippen molar-refractivity contribution in [2.45, 2.75) is 13.3 Å². The van der Waals surface area contributed by atoms with E-state index in [1.165, 1.54) is 35.5 Å². The number of hydrogen-bond donors (Lipinski definition) is 2. The van der Waals surface area contributed by atoms with Crippen LogP contribution in [0.15, 0.2) is 60.5 Å². The number of H-pyrrole nitrogens is 1. The van der Waals surface area contributed by atoms with Crippen molar-refractivity contribution in [3.05, 3.63) is 83.3 Å². The highest BCUT2D eigenvalue weighted by atomic mass is 32.2. The molecular weight excluding hydrogens is 488 g/mol. The molecule has 0 fully saturated rings. The summed E-state index contributed by atoms with van der Waals surface area (Å²) in [6.45, 7) is 2.00. The van der Waals surface area contributed by atoms with Crippen LogP contribution in [0.1, 0.15) is 29.3 Å².